The van der Waals surface area contributed by atoms with Gasteiger partial charge in [0.05, 0.1) is 25.1 Å². The van der Waals surface area contributed by atoms with Crippen molar-refractivity contribution in [2.24, 2.45) is 0 Å². The summed E-state index contributed by atoms with van der Waals surface area (Å²) in [6.45, 7) is 4.89. The van der Waals surface area contributed by atoms with E-state index in [1.54, 1.807) is 37.6 Å². The molecule has 1 aliphatic heterocycles. The molecule has 0 aliphatic carbocycles. The zero-order valence-corrected chi connectivity index (χ0v) is 21.7. The zero-order valence-electron chi connectivity index (χ0n) is 21.7. The summed E-state index contributed by atoms with van der Waals surface area (Å²) in [7, 11) is 1.58. The monoisotopic (exact) mass is 535 g/mol. The third-order valence-electron chi connectivity index (χ3n) is 5.85. The number of carbonyl (C=O) groups excluding carboxylic acids is 1. The van der Waals surface area contributed by atoms with Crippen LogP contribution in [0, 0.1) is 5.82 Å². The van der Waals surface area contributed by atoms with Crippen LogP contribution in [0.4, 0.5) is 10.1 Å². The van der Waals surface area contributed by atoms with Gasteiger partial charge in [-0.25, -0.2) is 13.9 Å². The van der Waals surface area contributed by atoms with E-state index >= 15 is 0 Å². The summed E-state index contributed by atoms with van der Waals surface area (Å²) in [6, 6.07) is 7.86. The lowest BCUT2D eigenvalue weighted by Gasteiger charge is -2.17. The maximum atomic E-state index is 14.7. The number of nitrogens with one attached hydrogen (secondary N) is 1. The first-order chi connectivity index (χ1) is 18.7. The molecule has 5 rings (SSSR count). The summed E-state index contributed by atoms with van der Waals surface area (Å²) < 4.78 is 33.7. The van der Waals surface area contributed by atoms with E-state index in [1.165, 1.54) is 24.4 Å². The first-order valence-electron chi connectivity index (χ1n) is 12.2. The van der Waals surface area contributed by atoms with Gasteiger partial charge in [0.1, 0.15) is 34.9 Å². The number of ether oxygens (including phenoxy) is 2. The summed E-state index contributed by atoms with van der Waals surface area (Å²) >= 11 is 0. The average Bonchev–Trinajstić information content (AvgIpc) is 3.51. The molecule has 0 spiro atoms. The predicted octanol–water partition coefficient (Wildman–Crippen LogP) is 3.15. The fourth-order valence-electron chi connectivity index (χ4n) is 4.03. The Bertz CT molecular complexity index is 1580. The molecule has 3 aromatic heterocycles. The van der Waals surface area contributed by atoms with Crippen LogP contribution in [-0.2, 0) is 16.1 Å². The Morgan fingerprint density at radius 1 is 1.23 bits per heavy atom. The molecule has 4 heterocycles. The van der Waals surface area contributed by atoms with E-state index in [4.69, 9.17) is 14.0 Å². The molecule has 4 aromatic rings. The highest BCUT2D eigenvalue weighted by molar-refractivity contribution is 6.10. The normalized spacial score (nSPS) is 13.3. The number of nitrogens with zero attached hydrogens (tertiary/aromatic N) is 5. The Hall–Kier alpha value is -4.26. The van der Waals surface area contributed by atoms with Crippen LogP contribution in [0.5, 0.6) is 0 Å². The van der Waals surface area contributed by atoms with E-state index in [0.29, 0.717) is 31.0 Å². The van der Waals surface area contributed by atoms with Crippen LogP contribution in [0.1, 0.15) is 35.8 Å². The van der Waals surface area contributed by atoms with Crippen molar-refractivity contribution in [1.29, 1.82) is 0 Å². The highest BCUT2D eigenvalue weighted by Gasteiger charge is 2.26. The van der Waals surface area contributed by atoms with E-state index in [-0.39, 0.29) is 29.7 Å². The van der Waals surface area contributed by atoms with Gasteiger partial charge in [0.25, 0.3) is 11.8 Å². The lowest BCUT2D eigenvalue weighted by molar-refractivity contribution is -0.478. The van der Waals surface area contributed by atoms with Crippen LogP contribution in [0.25, 0.3) is 22.6 Å². The van der Waals surface area contributed by atoms with Crippen molar-refractivity contribution in [2.45, 2.75) is 26.1 Å². The van der Waals surface area contributed by atoms with Crippen molar-refractivity contribution < 1.29 is 32.9 Å². The van der Waals surface area contributed by atoms with Gasteiger partial charge in [-0.05, 0) is 44.2 Å². The number of hydrogen-bond donors (Lipinski definition) is 2. The highest BCUT2D eigenvalue weighted by atomic mass is 19.1. The van der Waals surface area contributed by atoms with E-state index < -0.39 is 17.3 Å². The lowest BCUT2D eigenvalue weighted by atomic mass is 10.0. The predicted molar refractivity (Wildman–Crippen MR) is 140 cm³/mol. The Kier molecular flexibility index (Phi) is 7.33. The lowest BCUT2D eigenvalue weighted by Crippen LogP contribution is -2.34. The number of carbonyl (C=O) groups is 1. The number of halogens is 1. The van der Waals surface area contributed by atoms with Crippen LogP contribution in [0.2, 0.25) is 0 Å². The molecule has 202 valence electrons. The van der Waals surface area contributed by atoms with E-state index in [9.17, 15) is 14.3 Å². The molecule has 39 heavy (non-hydrogen) atoms. The van der Waals surface area contributed by atoms with E-state index in [0.717, 1.165) is 11.1 Å². The van der Waals surface area contributed by atoms with Crippen LogP contribution < -0.4 is 5.32 Å². The highest BCUT2D eigenvalue weighted by Crippen LogP contribution is 2.25. The Morgan fingerprint density at radius 3 is 2.79 bits per heavy atom. The van der Waals surface area contributed by atoms with Gasteiger partial charge in [-0.2, -0.15) is 4.98 Å². The summed E-state index contributed by atoms with van der Waals surface area (Å²) in [4.78, 5) is 21.7. The standard InChI is InChI=1S/C27H27FN6O5/c1-27(2,36)16-33-12-19(13-33)18-5-7-23-29-11-22(34(23)14-18)26(35)30-21-10-17(4-6-20(21)28)25-31-24(39-32-25)15-38-9-8-37-3/h4-7,10-14,36H,8-9,15-16H2,1-3H3/p+1. The number of β-amino-alcohol motifs (C(OH)–C–C–N with tert-alkyl or cyclic N) is 1. The van der Waals surface area contributed by atoms with Gasteiger partial charge >= 0.3 is 0 Å². The molecule has 0 bridgehead atoms. The summed E-state index contributed by atoms with van der Waals surface area (Å²) in [5.41, 5.74) is 2.22. The number of aromatic nitrogens is 4. The van der Waals surface area contributed by atoms with Gasteiger partial charge in [0, 0.05) is 24.4 Å². The number of amides is 1. The summed E-state index contributed by atoms with van der Waals surface area (Å²) in [5, 5.41) is 16.5. The molecule has 1 aromatic carbocycles. The molecule has 0 fully saturated rings. The largest absolute Gasteiger partial charge is 0.384 e. The van der Waals surface area contributed by atoms with Crippen molar-refractivity contribution in [3.8, 4) is 11.4 Å². The second kappa shape index (κ2) is 10.8. The maximum Gasteiger partial charge on any atom is 0.274 e. The zero-order chi connectivity index (χ0) is 27.6. The molecule has 0 radical (unpaired) electrons. The molecular formula is C27H28FN6O5+. The summed E-state index contributed by atoms with van der Waals surface area (Å²) in [6.07, 6.45) is 7.08. The number of rotatable bonds is 11. The molecule has 0 saturated heterocycles. The van der Waals surface area contributed by atoms with Crippen LogP contribution in [0.15, 0.2) is 53.4 Å². The number of allylic oxidation sites excluding steroid dienone is 1. The van der Waals surface area contributed by atoms with Gasteiger partial charge in [0.15, 0.2) is 19.0 Å². The fraction of sp³-hybridized carbons (Fsp3) is 0.296. The molecule has 1 aliphatic rings. The second-order valence-electron chi connectivity index (χ2n) is 9.69. The van der Waals surface area contributed by atoms with Crippen molar-refractivity contribution in [3.05, 3.63) is 71.9 Å². The van der Waals surface area contributed by atoms with Crippen LogP contribution in [-0.4, -0.2) is 73.8 Å². The Labute approximate surface area is 223 Å². The number of methoxy groups -OCH3 is 1. The topological polar surface area (TPSA) is 127 Å². The quantitative estimate of drug-likeness (QED) is 0.222. The first-order valence-corrected chi connectivity index (χ1v) is 12.2. The van der Waals surface area contributed by atoms with E-state index in [1.807, 2.05) is 23.1 Å². The van der Waals surface area contributed by atoms with Crippen molar-refractivity contribution >= 4 is 29.0 Å². The minimum atomic E-state index is -0.824. The number of imidazole rings is 1. The molecule has 1 amide bonds. The maximum absolute atomic E-state index is 14.7. The third kappa shape index (κ3) is 6.08. The number of anilines is 1. The fourth-order valence-corrected chi connectivity index (χ4v) is 4.03. The van der Waals surface area contributed by atoms with Crippen molar-refractivity contribution in [1.82, 2.24) is 19.5 Å². The molecule has 0 atom stereocenters. The molecule has 2 N–H and O–H groups in total. The molecule has 0 saturated carbocycles. The smallest absolute Gasteiger partial charge is 0.274 e. The van der Waals surface area contributed by atoms with Gasteiger partial charge in [-0.3, -0.25) is 9.20 Å². The minimum absolute atomic E-state index is 0.0383. The Balaban J connectivity index is 1.31. The van der Waals surface area contributed by atoms with Gasteiger partial charge in [-0.15, -0.1) is 0 Å². The van der Waals surface area contributed by atoms with E-state index in [2.05, 4.69) is 20.4 Å². The second-order valence-corrected chi connectivity index (χ2v) is 9.69. The van der Waals surface area contributed by atoms with Crippen molar-refractivity contribution in [3.63, 3.8) is 0 Å². The van der Waals surface area contributed by atoms with Gasteiger partial charge < -0.3 is 24.4 Å². The number of hydrogen-bond acceptors (Lipinski definition) is 8. The number of aliphatic hydroxyl groups is 1. The molecule has 0 unspecified atom stereocenters. The first kappa shape index (κ1) is 26.4. The third-order valence-corrected chi connectivity index (χ3v) is 5.85. The minimum Gasteiger partial charge on any atom is -0.384 e. The summed E-state index contributed by atoms with van der Waals surface area (Å²) in [5.74, 6) is -0.654. The Morgan fingerprint density at radius 2 is 2.03 bits per heavy atom. The molecular weight excluding hydrogens is 507 g/mol. The van der Waals surface area contributed by atoms with Crippen molar-refractivity contribution in [2.75, 3.05) is 32.2 Å². The number of benzene rings is 1. The number of pyridine rings is 1. The molecule has 11 nitrogen and oxygen atoms in total. The molecule has 12 heteroatoms. The number of fused-ring (bicyclic) bond motifs is 1. The van der Waals surface area contributed by atoms with Gasteiger partial charge in [0.2, 0.25) is 5.82 Å². The van der Waals surface area contributed by atoms with Crippen LogP contribution >= 0.6 is 0 Å². The SMILES string of the molecule is COCCOCc1nc(-c2ccc(F)c(NC(=O)c3cnc4ccc(C5=C[N+](CC(C)(C)O)=C5)cn34)c2)no1. The van der Waals surface area contributed by atoms with Gasteiger partial charge in [-0.1, -0.05) is 5.16 Å². The van der Waals surface area contributed by atoms with Crippen LogP contribution in [0.3, 0.4) is 0 Å². The average molecular weight is 536 g/mol.